The van der Waals surface area contributed by atoms with Crippen LogP contribution in [0.4, 0.5) is 0 Å². The molecule has 4 heteroatoms. The largest absolute Gasteiger partial charge is 0.490 e. The molecule has 0 fully saturated rings. The van der Waals surface area contributed by atoms with Crippen molar-refractivity contribution in [2.75, 3.05) is 6.61 Å². The fourth-order valence-corrected chi connectivity index (χ4v) is 1.90. The molecule has 0 saturated heterocycles. The van der Waals surface area contributed by atoms with E-state index >= 15 is 0 Å². The lowest BCUT2D eigenvalue weighted by Crippen LogP contribution is -2.20. The number of hydrogen-bond acceptors (Lipinski definition) is 4. The Morgan fingerprint density at radius 2 is 1.55 bits per heavy atom. The van der Waals surface area contributed by atoms with E-state index in [4.69, 9.17) is 14.2 Å². The third-order valence-electron chi connectivity index (χ3n) is 2.92. The lowest BCUT2D eigenvalue weighted by Gasteiger charge is -2.13. The zero-order chi connectivity index (χ0) is 15.8. The van der Waals surface area contributed by atoms with Crippen molar-refractivity contribution in [3.63, 3.8) is 0 Å². The summed E-state index contributed by atoms with van der Waals surface area (Å²) in [6, 6.07) is 17.4. The molecule has 4 nitrogen and oxygen atoms in total. The first kappa shape index (κ1) is 15.9. The monoisotopic (exact) mass is 300 g/mol. The molecule has 2 aromatic rings. The zero-order valence-electron chi connectivity index (χ0n) is 12.8. The number of esters is 1. The number of rotatable bonds is 7. The van der Waals surface area contributed by atoms with Gasteiger partial charge < -0.3 is 14.2 Å². The fourth-order valence-electron chi connectivity index (χ4n) is 1.90. The first-order valence-corrected chi connectivity index (χ1v) is 7.20. The van der Waals surface area contributed by atoms with Crippen molar-refractivity contribution in [2.24, 2.45) is 0 Å². The average Bonchev–Trinajstić information content (AvgIpc) is 2.52. The van der Waals surface area contributed by atoms with Gasteiger partial charge >= 0.3 is 5.97 Å². The molecule has 22 heavy (non-hydrogen) atoms. The molecule has 2 rings (SSSR count). The van der Waals surface area contributed by atoms with Crippen molar-refractivity contribution >= 4 is 5.97 Å². The van der Waals surface area contributed by atoms with Crippen LogP contribution < -0.4 is 9.47 Å². The van der Waals surface area contributed by atoms with Crippen LogP contribution in [0.25, 0.3) is 0 Å². The molecule has 0 aliphatic rings. The van der Waals surface area contributed by atoms with Gasteiger partial charge in [-0.3, -0.25) is 4.79 Å². The molecule has 0 amide bonds. The molecule has 116 valence electrons. The van der Waals surface area contributed by atoms with Gasteiger partial charge in [0.15, 0.2) is 0 Å². The molecule has 0 aromatic heterocycles. The maximum Gasteiger partial charge on any atom is 0.303 e. The van der Waals surface area contributed by atoms with E-state index in [1.807, 2.05) is 54.6 Å². The molecule has 0 radical (unpaired) electrons. The Hall–Kier alpha value is -2.49. The highest BCUT2D eigenvalue weighted by Gasteiger charge is 2.06. The van der Waals surface area contributed by atoms with E-state index in [1.54, 1.807) is 6.92 Å². The van der Waals surface area contributed by atoms with Gasteiger partial charge in [-0.2, -0.15) is 0 Å². The van der Waals surface area contributed by atoms with Crippen molar-refractivity contribution in [1.29, 1.82) is 0 Å². The Kier molecular flexibility index (Phi) is 5.83. The van der Waals surface area contributed by atoms with Crippen molar-refractivity contribution in [2.45, 2.75) is 26.6 Å². The van der Waals surface area contributed by atoms with Gasteiger partial charge in [-0.05, 0) is 36.8 Å². The summed E-state index contributed by atoms with van der Waals surface area (Å²) < 4.78 is 16.2. The quantitative estimate of drug-likeness (QED) is 0.733. The van der Waals surface area contributed by atoms with E-state index < -0.39 is 0 Å². The van der Waals surface area contributed by atoms with Crippen LogP contribution in [0.2, 0.25) is 0 Å². The highest BCUT2D eigenvalue weighted by molar-refractivity contribution is 5.66. The predicted octanol–water partition coefficient (Wildman–Crippen LogP) is 3.60. The molecule has 0 bridgehead atoms. The number of benzene rings is 2. The normalized spacial score (nSPS) is 11.5. The molecule has 2 aromatic carbocycles. The summed E-state index contributed by atoms with van der Waals surface area (Å²) in [5.41, 5.74) is 1.12. The third-order valence-corrected chi connectivity index (χ3v) is 2.92. The molecule has 0 saturated carbocycles. The highest BCUT2D eigenvalue weighted by Crippen LogP contribution is 2.19. The van der Waals surface area contributed by atoms with Crippen LogP contribution in [0, 0.1) is 0 Å². The summed E-state index contributed by atoms with van der Waals surface area (Å²) in [7, 11) is 0. The summed E-state index contributed by atoms with van der Waals surface area (Å²) in [6.07, 6.45) is -0.272. The van der Waals surface area contributed by atoms with Gasteiger partial charge in [0.25, 0.3) is 0 Å². The SMILES string of the molecule is CC(=O)OC(C)COc1ccc(OCc2ccccc2)cc1. The van der Waals surface area contributed by atoms with Gasteiger partial charge in [0.05, 0.1) is 0 Å². The lowest BCUT2D eigenvalue weighted by atomic mass is 10.2. The second-order valence-electron chi connectivity index (χ2n) is 4.98. The van der Waals surface area contributed by atoms with E-state index in [0.29, 0.717) is 19.0 Å². The Bertz CT molecular complexity index is 578. The topological polar surface area (TPSA) is 44.8 Å². The van der Waals surface area contributed by atoms with Crippen LogP contribution in [-0.2, 0) is 16.1 Å². The average molecular weight is 300 g/mol. The predicted molar refractivity (Wildman–Crippen MR) is 83.9 cm³/mol. The maximum atomic E-state index is 10.8. The molecule has 0 spiro atoms. The minimum atomic E-state index is -0.305. The molecule has 0 heterocycles. The molecular weight excluding hydrogens is 280 g/mol. The van der Waals surface area contributed by atoms with Crippen molar-refractivity contribution in [3.05, 3.63) is 60.2 Å². The summed E-state index contributed by atoms with van der Waals surface area (Å²) >= 11 is 0. The van der Waals surface area contributed by atoms with E-state index in [-0.39, 0.29) is 12.1 Å². The lowest BCUT2D eigenvalue weighted by molar-refractivity contribution is -0.146. The molecule has 0 aliphatic heterocycles. The molecule has 1 atom stereocenters. The number of carbonyl (C=O) groups excluding carboxylic acids is 1. The molecule has 1 unspecified atom stereocenters. The van der Waals surface area contributed by atoms with Crippen molar-refractivity contribution in [1.82, 2.24) is 0 Å². The van der Waals surface area contributed by atoms with Gasteiger partial charge in [0.2, 0.25) is 0 Å². The first-order valence-electron chi connectivity index (χ1n) is 7.20. The van der Waals surface area contributed by atoms with Crippen LogP contribution in [0.1, 0.15) is 19.4 Å². The maximum absolute atomic E-state index is 10.8. The van der Waals surface area contributed by atoms with E-state index in [9.17, 15) is 4.79 Å². The van der Waals surface area contributed by atoms with Crippen LogP contribution in [0.5, 0.6) is 11.5 Å². The fraction of sp³-hybridized carbons (Fsp3) is 0.278. The summed E-state index contributed by atoms with van der Waals surface area (Å²) in [4.78, 5) is 10.8. The second-order valence-corrected chi connectivity index (χ2v) is 4.98. The van der Waals surface area contributed by atoms with Crippen molar-refractivity contribution in [3.8, 4) is 11.5 Å². The first-order chi connectivity index (χ1) is 10.6. The Labute approximate surface area is 130 Å². The van der Waals surface area contributed by atoms with Crippen LogP contribution >= 0.6 is 0 Å². The minimum Gasteiger partial charge on any atom is -0.490 e. The second kappa shape index (κ2) is 8.08. The van der Waals surface area contributed by atoms with Crippen molar-refractivity contribution < 1.29 is 19.0 Å². The van der Waals surface area contributed by atoms with E-state index in [1.165, 1.54) is 6.92 Å². The van der Waals surface area contributed by atoms with Crippen LogP contribution in [0.15, 0.2) is 54.6 Å². The summed E-state index contributed by atoms with van der Waals surface area (Å²) in [5.74, 6) is 1.19. The van der Waals surface area contributed by atoms with Crippen LogP contribution in [-0.4, -0.2) is 18.7 Å². The van der Waals surface area contributed by atoms with Gasteiger partial charge in [-0.1, -0.05) is 30.3 Å². The minimum absolute atomic E-state index is 0.272. The number of carbonyl (C=O) groups is 1. The third kappa shape index (κ3) is 5.48. The highest BCUT2D eigenvalue weighted by atomic mass is 16.6. The molecular formula is C18H20O4. The molecule has 0 N–H and O–H groups in total. The van der Waals surface area contributed by atoms with Gasteiger partial charge in [0.1, 0.15) is 30.8 Å². The number of ether oxygens (including phenoxy) is 3. The summed E-state index contributed by atoms with van der Waals surface area (Å²) in [5, 5.41) is 0. The smallest absolute Gasteiger partial charge is 0.303 e. The van der Waals surface area contributed by atoms with E-state index in [0.717, 1.165) is 11.3 Å². The molecule has 0 aliphatic carbocycles. The summed E-state index contributed by atoms with van der Waals surface area (Å²) in [6.45, 7) is 4.03. The Morgan fingerprint density at radius 1 is 0.955 bits per heavy atom. The van der Waals surface area contributed by atoms with E-state index in [2.05, 4.69) is 0 Å². The van der Waals surface area contributed by atoms with Gasteiger partial charge in [-0.25, -0.2) is 0 Å². The zero-order valence-corrected chi connectivity index (χ0v) is 12.8. The van der Waals surface area contributed by atoms with Gasteiger partial charge in [0, 0.05) is 6.92 Å². The Morgan fingerprint density at radius 3 is 2.14 bits per heavy atom. The Balaban J connectivity index is 1.79. The van der Waals surface area contributed by atoms with Crippen LogP contribution in [0.3, 0.4) is 0 Å². The number of hydrogen-bond donors (Lipinski definition) is 0. The standard InChI is InChI=1S/C18H20O4/c1-14(22-15(2)19)12-20-17-8-10-18(11-9-17)21-13-16-6-4-3-5-7-16/h3-11,14H,12-13H2,1-2H3. The van der Waals surface area contributed by atoms with Gasteiger partial charge in [-0.15, -0.1) is 0 Å².